The van der Waals surface area contributed by atoms with Crippen molar-refractivity contribution >= 4 is 12.9 Å². The second-order valence-electron chi connectivity index (χ2n) is 4.95. The minimum absolute atomic E-state index is 0.0706. The molecule has 3 aromatic rings. The molecule has 0 aliphatic rings. The Morgan fingerprint density at radius 2 is 1.21 bits per heavy atom. The molecule has 0 bridgehead atoms. The molecule has 24 heavy (non-hydrogen) atoms. The van der Waals surface area contributed by atoms with Gasteiger partial charge in [0.1, 0.15) is 11.5 Å². The fraction of sp³-hybridized carbons (Fsp3) is 0. The van der Waals surface area contributed by atoms with E-state index in [1.165, 1.54) is 24.3 Å². The van der Waals surface area contributed by atoms with Gasteiger partial charge in [-0.05, 0) is 29.3 Å². The summed E-state index contributed by atoms with van der Waals surface area (Å²) < 4.78 is 11.3. The van der Waals surface area contributed by atoms with Gasteiger partial charge >= 0.3 is 7.60 Å². The Balaban J connectivity index is 0.000000219. The molecule has 0 fully saturated rings. The third-order valence-corrected chi connectivity index (χ3v) is 4.15. The van der Waals surface area contributed by atoms with Crippen molar-refractivity contribution in [1.82, 2.24) is 0 Å². The molecule has 6 heteroatoms. The molecule has 0 amide bonds. The fourth-order valence-corrected chi connectivity index (χ4v) is 2.88. The van der Waals surface area contributed by atoms with E-state index in [2.05, 4.69) is 0 Å². The van der Waals surface area contributed by atoms with Crippen molar-refractivity contribution < 1.29 is 24.6 Å². The van der Waals surface area contributed by atoms with Crippen LogP contribution in [0.4, 0.5) is 0 Å². The van der Waals surface area contributed by atoms with Gasteiger partial charge in [0.05, 0.1) is 5.30 Å². The van der Waals surface area contributed by atoms with Crippen LogP contribution >= 0.6 is 7.60 Å². The summed E-state index contributed by atoms with van der Waals surface area (Å²) in [6.45, 7) is 0. The zero-order chi connectivity index (χ0) is 17.6. The largest absolute Gasteiger partial charge is 0.508 e. The van der Waals surface area contributed by atoms with Crippen molar-refractivity contribution in [1.29, 1.82) is 0 Å². The predicted octanol–water partition coefficient (Wildman–Crippen LogP) is 3.25. The third kappa shape index (κ3) is 4.96. The zero-order valence-electron chi connectivity index (χ0n) is 12.6. The molecule has 0 spiro atoms. The lowest BCUT2D eigenvalue weighted by Gasteiger charge is -2.10. The number of aromatic hydroxyl groups is 2. The molecule has 0 aromatic heterocycles. The maximum atomic E-state index is 11.3. The fourth-order valence-electron chi connectivity index (χ4n) is 2.08. The second kappa shape index (κ2) is 7.79. The minimum Gasteiger partial charge on any atom is -0.508 e. The van der Waals surface area contributed by atoms with E-state index in [4.69, 9.17) is 10.2 Å². The number of hydrogen-bond donors (Lipinski definition) is 4. The SMILES string of the molecule is O=P(O)(O)c1ccccc1-c1ccccc1.Oc1cccc(O)c1. The molecule has 0 saturated heterocycles. The lowest BCUT2D eigenvalue weighted by atomic mass is 10.1. The molecule has 0 aliphatic carbocycles. The van der Waals surface area contributed by atoms with Gasteiger partial charge in [0.15, 0.2) is 0 Å². The quantitative estimate of drug-likeness (QED) is 0.535. The summed E-state index contributed by atoms with van der Waals surface area (Å²) in [5.74, 6) is 0.176. The first-order valence-corrected chi connectivity index (χ1v) is 8.68. The lowest BCUT2D eigenvalue weighted by Crippen LogP contribution is -2.07. The van der Waals surface area contributed by atoms with Gasteiger partial charge < -0.3 is 20.0 Å². The highest BCUT2D eigenvalue weighted by Gasteiger charge is 2.21. The van der Waals surface area contributed by atoms with E-state index in [-0.39, 0.29) is 16.8 Å². The molecule has 3 rings (SSSR count). The normalized spacial score (nSPS) is 10.6. The van der Waals surface area contributed by atoms with E-state index in [9.17, 15) is 14.4 Å². The summed E-state index contributed by atoms with van der Waals surface area (Å²) >= 11 is 0. The topological polar surface area (TPSA) is 98.0 Å². The van der Waals surface area contributed by atoms with Crippen LogP contribution in [-0.2, 0) is 4.57 Å². The molecule has 124 valence electrons. The molecular formula is C18H17O5P. The highest BCUT2D eigenvalue weighted by Crippen LogP contribution is 2.37. The maximum Gasteiger partial charge on any atom is 0.356 e. The van der Waals surface area contributed by atoms with Crippen LogP contribution in [0.3, 0.4) is 0 Å². The van der Waals surface area contributed by atoms with Crippen LogP contribution in [0.25, 0.3) is 11.1 Å². The van der Waals surface area contributed by atoms with Crippen LogP contribution in [0, 0.1) is 0 Å². The van der Waals surface area contributed by atoms with E-state index < -0.39 is 7.60 Å². The van der Waals surface area contributed by atoms with Crippen molar-refractivity contribution in [3.05, 3.63) is 78.9 Å². The highest BCUT2D eigenvalue weighted by molar-refractivity contribution is 7.60. The minimum atomic E-state index is -4.22. The van der Waals surface area contributed by atoms with Crippen LogP contribution in [0.2, 0.25) is 0 Å². The molecule has 5 nitrogen and oxygen atoms in total. The van der Waals surface area contributed by atoms with Gasteiger partial charge in [0, 0.05) is 6.07 Å². The van der Waals surface area contributed by atoms with E-state index in [0.29, 0.717) is 5.56 Å². The molecule has 0 radical (unpaired) electrons. The van der Waals surface area contributed by atoms with Crippen LogP contribution in [-0.4, -0.2) is 20.0 Å². The van der Waals surface area contributed by atoms with Crippen LogP contribution in [0.15, 0.2) is 78.9 Å². The standard InChI is InChI=1S/C12H11O3P.C6H6O2/c13-16(14,15)12-9-5-4-8-11(12)10-6-2-1-3-7-10;7-5-2-1-3-6(8)4-5/h1-9H,(H2,13,14,15);1-4,7-8H. The Kier molecular flexibility index (Phi) is 5.77. The number of phenols is 2. The summed E-state index contributed by atoms with van der Waals surface area (Å²) in [4.78, 5) is 18.5. The van der Waals surface area contributed by atoms with Crippen molar-refractivity contribution in [3.8, 4) is 22.6 Å². The predicted molar refractivity (Wildman–Crippen MR) is 93.3 cm³/mol. The number of phenolic OH excluding ortho intramolecular Hbond substituents is 2. The van der Waals surface area contributed by atoms with Crippen LogP contribution < -0.4 is 5.30 Å². The van der Waals surface area contributed by atoms with E-state index in [1.807, 2.05) is 30.3 Å². The van der Waals surface area contributed by atoms with Crippen molar-refractivity contribution in [2.45, 2.75) is 0 Å². The summed E-state index contributed by atoms with van der Waals surface area (Å²) in [7, 11) is -4.22. The average molecular weight is 344 g/mol. The monoisotopic (exact) mass is 344 g/mol. The van der Waals surface area contributed by atoms with Gasteiger partial charge in [0.25, 0.3) is 0 Å². The molecule has 0 heterocycles. The number of benzene rings is 3. The van der Waals surface area contributed by atoms with Gasteiger partial charge in [-0.25, -0.2) is 0 Å². The van der Waals surface area contributed by atoms with Crippen molar-refractivity contribution in [2.75, 3.05) is 0 Å². The van der Waals surface area contributed by atoms with Gasteiger partial charge in [-0.2, -0.15) is 0 Å². The van der Waals surface area contributed by atoms with Gasteiger partial charge in [-0.3, -0.25) is 4.57 Å². The zero-order valence-corrected chi connectivity index (χ0v) is 13.5. The number of rotatable bonds is 2. The van der Waals surface area contributed by atoms with E-state index in [1.54, 1.807) is 24.3 Å². The Morgan fingerprint density at radius 1 is 0.667 bits per heavy atom. The molecule has 0 unspecified atom stereocenters. The Hall–Kier alpha value is -2.59. The second-order valence-corrected chi connectivity index (χ2v) is 6.52. The van der Waals surface area contributed by atoms with E-state index >= 15 is 0 Å². The third-order valence-electron chi connectivity index (χ3n) is 3.13. The summed E-state index contributed by atoms with van der Waals surface area (Å²) in [5, 5.41) is 17.4. The summed E-state index contributed by atoms with van der Waals surface area (Å²) in [6, 6.07) is 21.6. The number of hydrogen-bond acceptors (Lipinski definition) is 3. The van der Waals surface area contributed by atoms with Crippen LogP contribution in [0.1, 0.15) is 0 Å². The maximum absolute atomic E-state index is 11.3. The first kappa shape index (κ1) is 17.8. The van der Waals surface area contributed by atoms with Crippen LogP contribution in [0.5, 0.6) is 11.5 Å². The highest BCUT2D eigenvalue weighted by atomic mass is 31.2. The smallest absolute Gasteiger partial charge is 0.356 e. The summed E-state index contributed by atoms with van der Waals surface area (Å²) in [6.07, 6.45) is 0. The Bertz CT molecular complexity index is 826. The molecule has 0 aliphatic heterocycles. The lowest BCUT2D eigenvalue weighted by molar-refractivity contribution is 0.387. The Labute approximate surface area is 139 Å². The first-order valence-electron chi connectivity index (χ1n) is 7.06. The van der Waals surface area contributed by atoms with Gasteiger partial charge in [-0.15, -0.1) is 0 Å². The van der Waals surface area contributed by atoms with Gasteiger partial charge in [-0.1, -0.05) is 54.6 Å². The first-order chi connectivity index (χ1) is 11.4. The van der Waals surface area contributed by atoms with E-state index in [0.717, 1.165) is 5.56 Å². The van der Waals surface area contributed by atoms with Gasteiger partial charge in [0.2, 0.25) is 0 Å². The molecule has 0 atom stereocenters. The Morgan fingerprint density at radius 3 is 1.71 bits per heavy atom. The molecular weight excluding hydrogens is 327 g/mol. The molecule has 3 aromatic carbocycles. The van der Waals surface area contributed by atoms with Crippen molar-refractivity contribution in [3.63, 3.8) is 0 Å². The average Bonchev–Trinajstić information content (AvgIpc) is 2.55. The van der Waals surface area contributed by atoms with Crippen molar-refractivity contribution in [2.24, 2.45) is 0 Å². The molecule has 4 N–H and O–H groups in total. The summed E-state index contributed by atoms with van der Waals surface area (Å²) in [5.41, 5.74) is 1.39. The molecule has 0 saturated carbocycles.